The average Bonchev–Trinajstić information content (AvgIpc) is 3.27. The molecule has 0 aliphatic heterocycles. The molecule has 1 heterocycles. The fourth-order valence-electron chi connectivity index (χ4n) is 3.06. The lowest BCUT2D eigenvalue weighted by molar-refractivity contribution is -0.386. The summed E-state index contributed by atoms with van der Waals surface area (Å²) in [7, 11) is 3.14. The number of rotatable bonds is 10. The molecular formula is C23H24N2O7. The van der Waals surface area contributed by atoms with Crippen LogP contribution < -0.4 is 19.5 Å². The van der Waals surface area contributed by atoms with E-state index in [4.69, 9.17) is 18.6 Å². The number of amides is 1. The predicted molar refractivity (Wildman–Crippen MR) is 116 cm³/mol. The fraction of sp³-hybridized carbons (Fsp3) is 0.261. The van der Waals surface area contributed by atoms with Gasteiger partial charge in [0.15, 0.2) is 23.0 Å². The van der Waals surface area contributed by atoms with Gasteiger partial charge >= 0.3 is 5.69 Å². The minimum absolute atomic E-state index is 0.0389. The Labute approximate surface area is 185 Å². The highest BCUT2D eigenvalue weighted by atomic mass is 16.6. The molecule has 0 fully saturated rings. The molecule has 9 nitrogen and oxygen atoms in total. The van der Waals surface area contributed by atoms with Gasteiger partial charge in [0.2, 0.25) is 0 Å². The van der Waals surface area contributed by atoms with Crippen molar-refractivity contribution in [3.63, 3.8) is 0 Å². The van der Waals surface area contributed by atoms with Crippen molar-refractivity contribution in [1.82, 2.24) is 5.32 Å². The summed E-state index contributed by atoms with van der Waals surface area (Å²) in [6, 6.07) is 13.4. The van der Waals surface area contributed by atoms with Crippen molar-refractivity contribution in [2.24, 2.45) is 0 Å². The van der Waals surface area contributed by atoms with Gasteiger partial charge in [0, 0.05) is 12.6 Å². The van der Waals surface area contributed by atoms with Gasteiger partial charge in [0.25, 0.3) is 5.91 Å². The third-order valence-corrected chi connectivity index (χ3v) is 4.71. The molecule has 32 heavy (non-hydrogen) atoms. The molecule has 0 aliphatic rings. The number of carbonyl (C=O) groups is 1. The number of ether oxygens (including phenoxy) is 3. The lowest BCUT2D eigenvalue weighted by Crippen LogP contribution is -2.25. The van der Waals surface area contributed by atoms with Gasteiger partial charge in [-0.2, -0.15) is 0 Å². The molecule has 1 amide bonds. The molecule has 1 N–H and O–H groups in total. The van der Waals surface area contributed by atoms with E-state index in [1.165, 1.54) is 18.2 Å². The largest absolute Gasteiger partial charge is 0.493 e. The molecule has 3 rings (SSSR count). The summed E-state index contributed by atoms with van der Waals surface area (Å²) >= 11 is 0. The Morgan fingerprint density at radius 3 is 2.50 bits per heavy atom. The van der Waals surface area contributed by atoms with Gasteiger partial charge in [-0.15, -0.1) is 0 Å². The molecule has 3 aromatic rings. The Hall–Kier alpha value is -4.01. The highest BCUT2D eigenvalue weighted by Gasteiger charge is 2.17. The number of carbonyl (C=O) groups excluding carboxylic acids is 1. The number of methoxy groups -OCH3 is 2. The number of furan rings is 1. The molecule has 2 aromatic carbocycles. The standard InChI is InChI=1S/C23H24N2O7/c1-15-4-7-19(18(12-15)25(27)28)31-14-17-6-9-21(32-17)23(26)24-11-10-16-5-8-20(29-2)22(13-16)30-3/h4-9,12-13H,10-11,14H2,1-3H3,(H,24,26). The van der Waals surface area contributed by atoms with E-state index in [0.29, 0.717) is 30.2 Å². The first-order valence-electron chi connectivity index (χ1n) is 9.87. The van der Waals surface area contributed by atoms with Crippen molar-refractivity contribution in [2.45, 2.75) is 20.0 Å². The van der Waals surface area contributed by atoms with Crippen LogP contribution in [0.3, 0.4) is 0 Å². The molecule has 0 bridgehead atoms. The van der Waals surface area contributed by atoms with Crippen molar-refractivity contribution >= 4 is 11.6 Å². The van der Waals surface area contributed by atoms with Crippen molar-refractivity contribution < 1.29 is 28.3 Å². The third kappa shape index (κ3) is 5.57. The second kappa shape index (κ2) is 10.3. The average molecular weight is 440 g/mol. The summed E-state index contributed by atoms with van der Waals surface area (Å²) in [5.74, 6) is 1.55. The molecule has 0 spiro atoms. The lowest BCUT2D eigenvalue weighted by atomic mass is 10.1. The third-order valence-electron chi connectivity index (χ3n) is 4.71. The van der Waals surface area contributed by atoms with E-state index in [0.717, 1.165) is 11.1 Å². The van der Waals surface area contributed by atoms with Crippen LogP contribution in [0.25, 0.3) is 0 Å². The van der Waals surface area contributed by atoms with Gasteiger partial charge in [-0.1, -0.05) is 12.1 Å². The number of benzene rings is 2. The molecule has 9 heteroatoms. The molecular weight excluding hydrogens is 416 g/mol. The van der Waals surface area contributed by atoms with Crippen LogP contribution in [0.5, 0.6) is 17.2 Å². The number of nitro benzene ring substituents is 1. The van der Waals surface area contributed by atoms with Gasteiger partial charge in [0.1, 0.15) is 12.4 Å². The van der Waals surface area contributed by atoms with E-state index < -0.39 is 4.92 Å². The Morgan fingerprint density at radius 2 is 1.78 bits per heavy atom. The van der Waals surface area contributed by atoms with Crippen LogP contribution in [-0.2, 0) is 13.0 Å². The van der Waals surface area contributed by atoms with Crippen LogP contribution in [0.15, 0.2) is 52.9 Å². The SMILES string of the molecule is COc1ccc(CCNC(=O)c2ccc(COc3ccc(C)cc3[N+](=O)[O-])o2)cc1OC. The summed E-state index contributed by atoms with van der Waals surface area (Å²) in [6.07, 6.45) is 0.597. The van der Waals surface area contributed by atoms with Crippen molar-refractivity contribution in [1.29, 1.82) is 0 Å². The van der Waals surface area contributed by atoms with E-state index in [-0.39, 0.29) is 29.7 Å². The normalized spacial score (nSPS) is 10.5. The van der Waals surface area contributed by atoms with Gasteiger partial charge in [-0.3, -0.25) is 14.9 Å². The van der Waals surface area contributed by atoms with Crippen molar-refractivity contribution in [3.05, 3.63) is 81.3 Å². The number of hydrogen-bond donors (Lipinski definition) is 1. The maximum absolute atomic E-state index is 12.3. The summed E-state index contributed by atoms with van der Waals surface area (Å²) < 4.78 is 21.5. The van der Waals surface area contributed by atoms with Crippen molar-refractivity contribution in [3.8, 4) is 17.2 Å². The zero-order valence-corrected chi connectivity index (χ0v) is 18.0. The second-order valence-corrected chi connectivity index (χ2v) is 6.98. The Bertz CT molecular complexity index is 1110. The summed E-state index contributed by atoms with van der Waals surface area (Å²) in [6.45, 7) is 2.12. The van der Waals surface area contributed by atoms with E-state index in [1.54, 1.807) is 33.3 Å². The first kappa shape index (κ1) is 22.7. The number of nitrogens with one attached hydrogen (secondary N) is 1. The lowest BCUT2D eigenvalue weighted by Gasteiger charge is -2.10. The fourth-order valence-corrected chi connectivity index (χ4v) is 3.06. The highest BCUT2D eigenvalue weighted by Crippen LogP contribution is 2.29. The van der Waals surface area contributed by atoms with Crippen LogP contribution in [0.4, 0.5) is 5.69 Å². The molecule has 0 unspecified atom stereocenters. The van der Waals surface area contributed by atoms with Crippen LogP contribution in [0.1, 0.15) is 27.4 Å². The van der Waals surface area contributed by atoms with E-state index in [1.807, 2.05) is 18.2 Å². The van der Waals surface area contributed by atoms with Gasteiger partial charge < -0.3 is 23.9 Å². The molecule has 0 saturated carbocycles. The summed E-state index contributed by atoms with van der Waals surface area (Å²) in [5, 5.41) is 14.0. The van der Waals surface area contributed by atoms with Crippen LogP contribution in [-0.4, -0.2) is 31.6 Å². The van der Waals surface area contributed by atoms with Gasteiger partial charge in [-0.05, 0) is 54.8 Å². The number of nitrogens with zero attached hydrogens (tertiary/aromatic N) is 1. The van der Waals surface area contributed by atoms with Crippen LogP contribution in [0.2, 0.25) is 0 Å². The first-order chi connectivity index (χ1) is 15.4. The smallest absolute Gasteiger partial charge is 0.311 e. The second-order valence-electron chi connectivity index (χ2n) is 6.98. The molecule has 0 saturated heterocycles. The Morgan fingerprint density at radius 1 is 1.03 bits per heavy atom. The topological polar surface area (TPSA) is 113 Å². The molecule has 0 atom stereocenters. The number of nitro groups is 1. The van der Waals surface area contributed by atoms with Gasteiger partial charge in [-0.25, -0.2) is 0 Å². The van der Waals surface area contributed by atoms with E-state index in [2.05, 4.69) is 5.32 Å². The molecule has 0 radical (unpaired) electrons. The quantitative estimate of drug-likeness (QED) is 0.373. The minimum atomic E-state index is -0.498. The molecule has 1 aromatic heterocycles. The molecule has 0 aliphatic carbocycles. The van der Waals surface area contributed by atoms with E-state index >= 15 is 0 Å². The maximum Gasteiger partial charge on any atom is 0.311 e. The van der Waals surface area contributed by atoms with Crippen LogP contribution >= 0.6 is 0 Å². The zero-order valence-electron chi connectivity index (χ0n) is 18.0. The zero-order chi connectivity index (χ0) is 23.1. The Balaban J connectivity index is 1.53. The minimum Gasteiger partial charge on any atom is -0.493 e. The van der Waals surface area contributed by atoms with Gasteiger partial charge in [0.05, 0.1) is 19.1 Å². The predicted octanol–water partition coefficient (Wildman–Crippen LogP) is 4.06. The van der Waals surface area contributed by atoms with E-state index in [9.17, 15) is 14.9 Å². The number of hydrogen-bond acceptors (Lipinski definition) is 7. The number of aryl methyl sites for hydroxylation is 1. The summed E-state index contributed by atoms with van der Waals surface area (Å²) in [4.78, 5) is 23.0. The van der Waals surface area contributed by atoms with Crippen molar-refractivity contribution in [2.75, 3.05) is 20.8 Å². The Kier molecular flexibility index (Phi) is 7.33. The van der Waals surface area contributed by atoms with Crippen LogP contribution in [0, 0.1) is 17.0 Å². The first-order valence-corrected chi connectivity index (χ1v) is 9.87. The maximum atomic E-state index is 12.3. The molecule has 168 valence electrons. The monoisotopic (exact) mass is 440 g/mol. The highest BCUT2D eigenvalue weighted by molar-refractivity contribution is 5.91. The summed E-state index contributed by atoms with van der Waals surface area (Å²) in [5.41, 5.74) is 1.62.